The second-order valence-corrected chi connectivity index (χ2v) is 7.25. The second kappa shape index (κ2) is 5.92. The molecule has 0 spiro atoms. The van der Waals surface area contributed by atoms with Gasteiger partial charge in [-0.05, 0) is 57.0 Å². The lowest BCUT2D eigenvalue weighted by molar-refractivity contribution is 0.0495. The van der Waals surface area contributed by atoms with Crippen LogP contribution in [0.15, 0.2) is 0 Å². The van der Waals surface area contributed by atoms with Gasteiger partial charge in [0.1, 0.15) is 0 Å². The molecule has 0 aliphatic heterocycles. The molecule has 2 unspecified atom stereocenters. The first-order valence-electron chi connectivity index (χ1n) is 7.97. The van der Waals surface area contributed by atoms with Gasteiger partial charge in [-0.15, -0.1) is 0 Å². The van der Waals surface area contributed by atoms with Crippen LogP contribution >= 0.6 is 0 Å². The standard InChI is InChI=1S/C16H32N2/c1-5-18(12-13-7-6-8-13)15-11-16(2,3)10-9-14(15)17-4/h13-15,17H,5-12H2,1-4H3. The molecule has 2 heteroatoms. The molecule has 0 heterocycles. The van der Waals surface area contributed by atoms with Gasteiger partial charge >= 0.3 is 0 Å². The minimum Gasteiger partial charge on any atom is -0.315 e. The van der Waals surface area contributed by atoms with Gasteiger partial charge in [0.15, 0.2) is 0 Å². The van der Waals surface area contributed by atoms with Crippen LogP contribution < -0.4 is 5.32 Å². The zero-order valence-corrected chi connectivity index (χ0v) is 12.8. The number of hydrogen-bond donors (Lipinski definition) is 1. The first-order chi connectivity index (χ1) is 8.55. The smallest absolute Gasteiger partial charge is 0.0254 e. The van der Waals surface area contributed by atoms with Crippen molar-refractivity contribution in [3.8, 4) is 0 Å². The summed E-state index contributed by atoms with van der Waals surface area (Å²) in [6.45, 7) is 9.80. The number of nitrogens with one attached hydrogen (secondary N) is 1. The molecular formula is C16H32N2. The van der Waals surface area contributed by atoms with Crippen LogP contribution in [0.1, 0.15) is 59.3 Å². The lowest BCUT2D eigenvalue weighted by Gasteiger charge is -2.47. The average molecular weight is 252 g/mol. The Balaban J connectivity index is 1.99. The largest absolute Gasteiger partial charge is 0.315 e. The summed E-state index contributed by atoms with van der Waals surface area (Å²) < 4.78 is 0. The first kappa shape index (κ1) is 14.3. The third-order valence-electron chi connectivity index (χ3n) is 5.32. The van der Waals surface area contributed by atoms with Gasteiger partial charge in [-0.1, -0.05) is 27.2 Å². The normalized spacial score (nSPS) is 32.5. The fourth-order valence-electron chi connectivity index (χ4n) is 3.78. The van der Waals surface area contributed by atoms with Crippen LogP contribution in [-0.4, -0.2) is 37.1 Å². The molecule has 0 amide bonds. The van der Waals surface area contributed by atoms with Gasteiger partial charge in [0, 0.05) is 18.6 Å². The SMILES string of the molecule is CCN(CC1CCC1)C1CC(C)(C)CCC1NC. The zero-order valence-electron chi connectivity index (χ0n) is 12.8. The summed E-state index contributed by atoms with van der Waals surface area (Å²) in [5.74, 6) is 0.993. The van der Waals surface area contributed by atoms with E-state index < -0.39 is 0 Å². The molecule has 0 bridgehead atoms. The van der Waals surface area contributed by atoms with Gasteiger partial charge < -0.3 is 5.32 Å². The maximum atomic E-state index is 3.57. The molecule has 0 radical (unpaired) electrons. The fraction of sp³-hybridized carbons (Fsp3) is 1.00. The number of rotatable bonds is 5. The molecule has 2 aliphatic carbocycles. The summed E-state index contributed by atoms with van der Waals surface area (Å²) >= 11 is 0. The molecule has 0 aromatic carbocycles. The van der Waals surface area contributed by atoms with Crippen molar-refractivity contribution in [2.75, 3.05) is 20.1 Å². The van der Waals surface area contributed by atoms with Crippen molar-refractivity contribution in [3.05, 3.63) is 0 Å². The van der Waals surface area contributed by atoms with Gasteiger partial charge in [0.05, 0.1) is 0 Å². The Morgan fingerprint density at radius 1 is 1.22 bits per heavy atom. The van der Waals surface area contributed by atoms with Crippen molar-refractivity contribution in [3.63, 3.8) is 0 Å². The van der Waals surface area contributed by atoms with E-state index >= 15 is 0 Å². The number of nitrogens with zero attached hydrogens (tertiary/aromatic N) is 1. The summed E-state index contributed by atoms with van der Waals surface area (Å²) in [5, 5.41) is 3.57. The van der Waals surface area contributed by atoms with Crippen molar-refractivity contribution in [1.82, 2.24) is 10.2 Å². The maximum Gasteiger partial charge on any atom is 0.0254 e. The molecule has 0 aromatic rings. The molecule has 0 saturated heterocycles. The van der Waals surface area contributed by atoms with Gasteiger partial charge in [-0.2, -0.15) is 0 Å². The zero-order chi connectivity index (χ0) is 13.2. The summed E-state index contributed by atoms with van der Waals surface area (Å²) in [5.41, 5.74) is 0.533. The lowest BCUT2D eigenvalue weighted by atomic mass is 9.72. The average Bonchev–Trinajstić information content (AvgIpc) is 2.27. The molecule has 2 aliphatic rings. The van der Waals surface area contributed by atoms with Crippen LogP contribution in [0.5, 0.6) is 0 Å². The predicted molar refractivity (Wildman–Crippen MR) is 78.9 cm³/mol. The Bertz CT molecular complexity index is 258. The van der Waals surface area contributed by atoms with E-state index in [1.807, 2.05) is 0 Å². The predicted octanol–water partition coefficient (Wildman–Crippen LogP) is 3.28. The van der Waals surface area contributed by atoms with Crippen molar-refractivity contribution in [2.45, 2.75) is 71.4 Å². The first-order valence-corrected chi connectivity index (χ1v) is 7.97. The third kappa shape index (κ3) is 3.27. The molecule has 2 atom stereocenters. The van der Waals surface area contributed by atoms with E-state index in [9.17, 15) is 0 Å². The minimum atomic E-state index is 0.533. The molecule has 2 nitrogen and oxygen atoms in total. The summed E-state index contributed by atoms with van der Waals surface area (Å²) in [4.78, 5) is 2.77. The number of likely N-dealkylation sites (N-methyl/N-ethyl adjacent to an activating group) is 2. The molecule has 1 N–H and O–H groups in total. The monoisotopic (exact) mass is 252 g/mol. The second-order valence-electron chi connectivity index (χ2n) is 7.25. The Morgan fingerprint density at radius 3 is 2.44 bits per heavy atom. The van der Waals surface area contributed by atoms with Gasteiger partial charge in [-0.3, -0.25) is 4.90 Å². The highest BCUT2D eigenvalue weighted by atomic mass is 15.2. The van der Waals surface area contributed by atoms with E-state index in [4.69, 9.17) is 0 Å². The molecular weight excluding hydrogens is 220 g/mol. The van der Waals surface area contributed by atoms with E-state index in [0.29, 0.717) is 11.5 Å². The van der Waals surface area contributed by atoms with Crippen LogP contribution in [0.4, 0.5) is 0 Å². The lowest BCUT2D eigenvalue weighted by Crippen LogP contribution is -2.55. The Labute approximate surface area is 114 Å². The van der Waals surface area contributed by atoms with Crippen LogP contribution in [0, 0.1) is 11.3 Å². The van der Waals surface area contributed by atoms with Crippen molar-refractivity contribution >= 4 is 0 Å². The van der Waals surface area contributed by atoms with Crippen LogP contribution in [0.3, 0.4) is 0 Å². The van der Waals surface area contributed by atoms with Gasteiger partial charge in [0.25, 0.3) is 0 Å². The van der Waals surface area contributed by atoms with Gasteiger partial charge in [-0.25, -0.2) is 0 Å². The Hall–Kier alpha value is -0.0800. The van der Waals surface area contributed by atoms with Crippen LogP contribution in [-0.2, 0) is 0 Å². The Kier molecular flexibility index (Phi) is 4.71. The van der Waals surface area contributed by atoms with E-state index in [-0.39, 0.29) is 0 Å². The summed E-state index contributed by atoms with van der Waals surface area (Å²) in [7, 11) is 2.15. The van der Waals surface area contributed by atoms with Crippen LogP contribution in [0.25, 0.3) is 0 Å². The third-order valence-corrected chi connectivity index (χ3v) is 5.32. The quantitative estimate of drug-likeness (QED) is 0.808. The molecule has 0 aromatic heterocycles. The van der Waals surface area contributed by atoms with Crippen molar-refractivity contribution in [2.24, 2.45) is 11.3 Å². The molecule has 18 heavy (non-hydrogen) atoms. The molecule has 2 fully saturated rings. The fourth-order valence-corrected chi connectivity index (χ4v) is 3.78. The van der Waals surface area contributed by atoms with E-state index in [0.717, 1.165) is 12.0 Å². The van der Waals surface area contributed by atoms with E-state index in [1.165, 1.54) is 51.6 Å². The van der Waals surface area contributed by atoms with E-state index in [2.05, 4.69) is 38.0 Å². The summed E-state index contributed by atoms with van der Waals surface area (Å²) in [6, 6.07) is 1.46. The molecule has 106 valence electrons. The Morgan fingerprint density at radius 2 is 1.94 bits per heavy atom. The van der Waals surface area contributed by atoms with Crippen molar-refractivity contribution in [1.29, 1.82) is 0 Å². The maximum absolute atomic E-state index is 3.57. The van der Waals surface area contributed by atoms with Gasteiger partial charge in [0.2, 0.25) is 0 Å². The highest BCUT2D eigenvalue weighted by Crippen LogP contribution is 2.38. The highest BCUT2D eigenvalue weighted by molar-refractivity contribution is 4.94. The van der Waals surface area contributed by atoms with E-state index in [1.54, 1.807) is 0 Å². The molecule has 2 rings (SSSR count). The minimum absolute atomic E-state index is 0.533. The summed E-state index contributed by atoms with van der Waals surface area (Å²) in [6.07, 6.45) is 8.48. The molecule has 2 saturated carbocycles. The van der Waals surface area contributed by atoms with Crippen LogP contribution in [0.2, 0.25) is 0 Å². The topological polar surface area (TPSA) is 15.3 Å². The number of hydrogen-bond acceptors (Lipinski definition) is 2. The highest BCUT2D eigenvalue weighted by Gasteiger charge is 2.37. The van der Waals surface area contributed by atoms with Crippen molar-refractivity contribution < 1.29 is 0 Å².